The first-order valence-corrected chi connectivity index (χ1v) is 8.75. The van der Waals surface area contributed by atoms with Gasteiger partial charge in [0.05, 0.1) is 0 Å². The van der Waals surface area contributed by atoms with Gasteiger partial charge in [0.2, 0.25) is 5.91 Å². The molecule has 0 heterocycles. The summed E-state index contributed by atoms with van der Waals surface area (Å²) in [7, 11) is 0. The molecule has 1 aliphatic carbocycles. The van der Waals surface area contributed by atoms with Crippen LogP contribution in [0.25, 0.3) is 0 Å². The van der Waals surface area contributed by atoms with Crippen LogP contribution in [0.3, 0.4) is 0 Å². The minimum absolute atomic E-state index is 0.177. The van der Waals surface area contributed by atoms with E-state index in [1.54, 1.807) is 0 Å². The fraction of sp³-hybridized carbons (Fsp3) is 0.933. The highest BCUT2D eigenvalue weighted by Crippen LogP contribution is 2.39. The lowest BCUT2D eigenvalue weighted by Gasteiger charge is -2.27. The zero-order valence-electron chi connectivity index (χ0n) is 12.7. The van der Waals surface area contributed by atoms with E-state index in [1.165, 1.54) is 25.7 Å². The Morgan fingerprint density at radius 3 is 2.47 bits per heavy atom. The fourth-order valence-corrected chi connectivity index (χ4v) is 3.91. The van der Waals surface area contributed by atoms with Gasteiger partial charge in [-0.1, -0.05) is 26.7 Å². The molecule has 4 heteroatoms. The molecule has 0 saturated heterocycles. The van der Waals surface area contributed by atoms with E-state index in [1.807, 2.05) is 11.8 Å². The maximum atomic E-state index is 12.0. The summed E-state index contributed by atoms with van der Waals surface area (Å²) in [6.45, 7) is 5.80. The summed E-state index contributed by atoms with van der Waals surface area (Å²) in [5.74, 6) is 1.11. The summed E-state index contributed by atoms with van der Waals surface area (Å²) < 4.78 is 0.298. The normalized spacial score (nSPS) is 19.6. The Balaban J connectivity index is 2.33. The molecule has 3 nitrogen and oxygen atoms in total. The molecule has 3 N–H and O–H groups in total. The number of hydrogen-bond acceptors (Lipinski definition) is 3. The van der Waals surface area contributed by atoms with Crippen molar-refractivity contribution in [2.45, 2.75) is 57.1 Å². The third-order valence-corrected chi connectivity index (χ3v) is 5.59. The van der Waals surface area contributed by atoms with E-state index in [4.69, 9.17) is 5.73 Å². The molecular formula is C15H30N2OS. The quantitative estimate of drug-likeness (QED) is 0.721. The summed E-state index contributed by atoms with van der Waals surface area (Å²) in [4.78, 5) is 12.0. The minimum Gasteiger partial charge on any atom is -0.355 e. The second-order valence-corrected chi connectivity index (χ2v) is 7.58. The lowest BCUT2D eigenvalue weighted by Crippen LogP contribution is -2.39. The van der Waals surface area contributed by atoms with Gasteiger partial charge in [0.1, 0.15) is 0 Å². The summed E-state index contributed by atoms with van der Waals surface area (Å²) >= 11 is 1.92. The van der Waals surface area contributed by atoms with Gasteiger partial charge in [-0.3, -0.25) is 4.79 Å². The van der Waals surface area contributed by atoms with E-state index >= 15 is 0 Å². The van der Waals surface area contributed by atoms with Crippen LogP contribution in [-0.4, -0.2) is 30.0 Å². The Morgan fingerprint density at radius 1 is 1.37 bits per heavy atom. The third kappa shape index (κ3) is 5.74. The highest BCUT2D eigenvalue weighted by atomic mass is 32.2. The number of thioether (sulfide) groups is 1. The Bertz CT molecular complexity index is 275. The second-order valence-electron chi connectivity index (χ2n) is 6.31. The predicted molar refractivity (Wildman–Crippen MR) is 84.3 cm³/mol. The molecule has 1 rings (SSSR count). The molecule has 19 heavy (non-hydrogen) atoms. The molecule has 0 bridgehead atoms. The van der Waals surface area contributed by atoms with Gasteiger partial charge in [0.15, 0.2) is 0 Å². The molecule has 1 fully saturated rings. The number of nitrogens with one attached hydrogen (secondary N) is 1. The number of carbonyl (C=O) groups excluding carboxylic acids is 1. The molecule has 1 saturated carbocycles. The van der Waals surface area contributed by atoms with Crippen LogP contribution in [0, 0.1) is 11.8 Å². The van der Waals surface area contributed by atoms with Gasteiger partial charge in [-0.05, 0) is 43.9 Å². The second kappa shape index (κ2) is 8.15. The van der Waals surface area contributed by atoms with Crippen molar-refractivity contribution in [3.8, 4) is 0 Å². The maximum Gasteiger partial charge on any atom is 0.220 e. The molecule has 1 aliphatic rings. The van der Waals surface area contributed by atoms with Crippen molar-refractivity contribution >= 4 is 17.7 Å². The lowest BCUT2D eigenvalue weighted by atomic mass is 9.94. The topological polar surface area (TPSA) is 55.1 Å². The van der Waals surface area contributed by atoms with Crippen molar-refractivity contribution in [3.05, 3.63) is 0 Å². The summed E-state index contributed by atoms with van der Waals surface area (Å²) in [6, 6.07) is 0. The van der Waals surface area contributed by atoms with Gasteiger partial charge < -0.3 is 11.1 Å². The van der Waals surface area contributed by atoms with Crippen molar-refractivity contribution < 1.29 is 4.79 Å². The van der Waals surface area contributed by atoms with E-state index in [2.05, 4.69) is 25.4 Å². The minimum atomic E-state index is 0.177. The molecular weight excluding hydrogens is 256 g/mol. The average Bonchev–Trinajstić information content (AvgIpc) is 2.84. The molecule has 0 aromatic carbocycles. The third-order valence-electron chi connectivity index (χ3n) is 4.17. The SMILES string of the molecule is CSC1(CNC(=O)C[C@@H](CN)CC(C)C)CCCC1. The monoisotopic (exact) mass is 286 g/mol. The van der Waals surface area contributed by atoms with Gasteiger partial charge in [-0.2, -0.15) is 11.8 Å². The smallest absolute Gasteiger partial charge is 0.220 e. The molecule has 1 atom stereocenters. The van der Waals surface area contributed by atoms with Gasteiger partial charge in [-0.25, -0.2) is 0 Å². The van der Waals surface area contributed by atoms with E-state index in [-0.39, 0.29) is 5.91 Å². The number of hydrogen-bond donors (Lipinski definition) is 2. The largest absolute Gasteiger partial charge is 0.355 e. The van der Waals surface area contributed by atoms with Gasteiger partial charge in [0, 0.05) is 17.7 Å². The Hall–Kier alpha value is -0.220. The lowest BCUT2D eigenvalue weighted by molar-refractivity contribution is -0.122. The van der Waals surface area contributed by atoms with Crippen LogP contribution in [0.2, 0.25) is 0 Å². The van der Waals surface area contributed by atoms with Crippen LogP contribution < -0.4 is 11.1 Å². The Kier molecular flexibility index (Phi) is 7.22. The van der Waals surface area contributed by atoms with Gasteiger partial charge >= 0.3 is 0 Å². The van der Waals surface area contributed by atoms with Crippen molar-refractivity contribution in [1.29, 1.82) is 0 Å². The first kappa shape index (κ1) is 16.8. The van der Waals surface area contributed by atoms with E-state index in [0.717, 1.165) is 13.0 Å². The van der Waals surface area contributed by atoms with E-state index < -0.39 is 0 Å². The zero-order valence-corrected chi connectivity index (χ0v) is 13.5. The molecule has 112 valence electrons. The van der Waals surface area contributed by atoms with Crippen LogP contribution in [0.15, 0.2) is 0 Å². The summed E-state index contributed by atoms with van der Waals surface area (Å²) in [6.07, 6.45) is 8.86. The van der Waals surface area contributed by atoms with Crippen molar-refractivity contribution in [1.82, 2.24) is 5.32 Å². The first-order valence-electron chi connectivity index (χ1n) is 7.53. The average molecular weight is 286 g/mol. The van der Waals surface area contributed by atoms with E-state index in [9.17, 15) is 4.79 Å². The highest BCUT2D eigenvalue weighted by Gasteiger charge is 2.33. The van der Waals surface area contributed by atoms with Crippen LogP contribution in [0.1, 0.15) is 52.4 Å². The number of carbonyl (C=O) groups is 1. The van der Waals surface area contributed by atoms with Gasteiger partial charge in [0.25, 0.3) is 0 Å². The fourth-order valence-electron chi connectivity index (χ4n) is 3.00. The van der Waals surface area contributed by atoms with Crippen molar-refractivity contribution in [2.24, 2.45) is 17.6 Å². The van der Waals surface area contributed by atoms with Crippen LogP contribution in [-0.2, 0) is 4.79 Å². The molecule has 0 unspecified atom stereocenters. The maximum absolute atomic E-state index is 12.0. The molecule has 0 aromatic rings. The van der Waals surface area contributed by atoms with Crippen LogP contribution >= 0.6 is 11.8 Å². The van der Waals surface area contributed by atoms with Gasteiger partial charge in [-0.15, -0.1) is 0 Å². The number of amides is 1. The zero-order chi connectivity index (χ0) is 14.3. The first-order chi connectivity index (χ1) is 9.01. The molecule has 1 amide bonds. The van der Waals surface area contributed by atoms with Crippen molar-refractivity contribution in [2.75, 3.05) is 19.3 Å². The Morgan fingerprint density at radius 2 is 2.00 bits per heavy atom. The number of nitrogens with two attached hydrogens (primary N) is 1. The molecule has 0 aromatic heterocycles. The van der Waals surface area contributed by atoms with Crippen LogP contribution in [0.4, 0.5) is 0 Å². The molecule has 0 aliphatic heterocycles. The Labute approximate surface area is 122 Å². The van der Waals surface area contributed by atoms with E-state index in [0.29, 0.717) is 29.5 Å². The standard InChI is InChI=1S/C15H30N2OS/c1-12(2)8-13(10-16)9-14(18)17-11-15(19-3)6-4-5-7-15/h12-13H,4-11,16H2,1-3H3,(H,17,18)/t13-/m0/s1. The molecule has 0 spiro atoms. The summed E-state index contributed by atoms with van der Waals surface area (Å²) in [5.41, 5.74) is 5.76. The number of rotatable bonds is 8. The predicted octanol–water partition coefficient (Wildman–Crippen LogP) is 2.79. The molecule has 0 radical (unpaired) electrons. The van der Waals surface area contributed by atoms with Crippen LogP contribution in [0.5, 0.6) is 0 Å². The summed E-state index contributed by atoms with van der Waals surface area (Å²) in [5, 5.41) is 3.14. The van der Waals surface area contributed by atoms with Crippen molar-refractivity contribution in [3.63, 3.8) is 0 Å². The highest BCUT2D eigenvalue weighted by molar-refractivity contribution is 8.00.